The number of hydrogen-bond acceptors (Lipinski definition) is 4. The van der Waals surface area contributed by atoms with Crippen molar-refractivity contribution in [1.29, 1.82) is 0 Å². The summed E-state index contributed by atoms with van der Waals surface area (Å²) in [6.07, 6.45) is 10.1. The van der Waals surface area contributed by atoms with E-state index in [1.165, 1.54) is 31.8 Å². The molecule has 4 aliphatic rings. The number of allylic oxidation sites excluding steroid dienone is 2. The van der Waals surface area contributed by atoms with Gasteiger partial charge in [0.05, 0.1) is 6.10 Å². The monoisotopic (exact) mass is 428 g/mol. The summed E-state index contributed by atoms with van der Waals surface area (Å²) in [6, 6.07) is 0. The van der Waals surface area contributed by atoms with Crippen molar-refractivity contribution in [2.45, 2.75) is 98.7 Å². The van der Waals surface area contributed by atoms with Crippen LogP contribution in [0.15, 0.2) is 23.3 Å². The zero-order valence-corrected chi connectivity index (χ0v) is 20.2. The van der Waals surface area contributed by atoms with Crippen molar-refractivity contribution < 1.29 is 19.4 Å². The average molecular weight is 429 g/mol. The van der Waals surface area contributed by atoms with Gasteiger partial charge in [0.25, 0.3) is 0 Å². The van der Waals surface area contributed by atoms with Crippen LogP contribution in [0.25, 0.3) is 0 Å². The summed E-state index contributed by atoms with van der Waals surface area (Å²) in [6.45, 7) is 12.9. The molecule has 4 heteroatoms. The molecule has 0 saturated heterocycles. The standard InChI is InChI=1S/C27H40O4/c1-16-12-21(30)19(13-20(16)29)18-8-9-23-26(5,14-18)15-22(31-17(2)28)24-25(3,4)10-7-11-27(23,24)6/h8,12,19,21-24,30H,7,9-11,13-15H2,1-6H3/t19?,21-,22-,23?,24?,26-,27-/m1/s1. The molecule has 0 aromatic carbocycles. The van der Waals surface area contributed by atoms with Crippen molar-refractivity contribution in [3.63, 3.8) is 0 Å². The lowest BCUT2D eigenvalue weighted by Crippen LogP contribution is -2.61. The number of ether oxygens (including phenoxy) is 1. The highest BCUT2D eigenvalue weighted by molar-refractivity contribution is 5.96. The normalized spacial score (nSPS) is 44.5. The van der Waals surface area contributed by atoms with Gasteiger partial charge in [-0.3, -0.25) is 9.59 Å². The minimum absolute atomic E-state index is 0.00183. The van der Waals surface area contributed by atoms with Gasteiger partial charge in [-0.1, -0.05) is 45.8 Å². The van der Waals surface area contributed by atoms with E-state index in [9.17, 15) is 14.7 Å². The van der Waals surface area contributed by atoms with E-state index in [1.807, 2.05) is 0 Å². The second-order valence-electron chi connectivity index (χ2n) is 12.1. The summed E-state index contributed by atoms with van der Waals surface area (Å²) in [7, 11) is 0. The van der Waals surface area contributed by atoms with Crippen LogP contribution < -0.4 is 0 Å². The average Bonchev–Trinajstić information content (AvgIpc) is 2.62. The highest BCUT2D eigenvalue weighted by Crippen LogP contribution is 2.68. The van der Waals surface area contributed by atoms with E-state index in [-0.39, 0.29) is 40.0 Å². The Morgan fingerprint density at radius 2 is 1.90 bits per heavy atom. The molecule has 4 nitrogen and oxygen atoms in total. The second-order valence-corrected chi connectivity index (χ2v) is 12.1. The Morgan fingerprint density at radius 1 is 1.19 bits per heavy atom. The number of Topliss-reactive ketones (excluding diaryl/α,β-unsaturated/α-hetero) is 1. The van der Waals surface area contributed by atoms with Crippen molar-refractivity contribution in [1.82, 2.24) is 0 Å². The van der Waals surface area contributed by atoms with E-state index in [0.717, 1.165) is 19.3 Å². The van der Waals surface area contributed by atoms with Crippen LogP contribution in [0, 0.1) is 34.0 Å². The molecule has 0 aromatic heterocycles. The van der Waals surface area contributed by atoms with Crippen molar-refractivity contribution in [3.8, 4) is 0 Å². The van der Waals surface area contributed by atoms with Gasteiger partial charge >= 0.3 is 5.97 Å². The summed E-state index contributed by atoms with van der Waals surface area (Å²) >= 11 is 0. The maximum atomic E-state index is 12.4. The number of aliphatic hydroxyl groups is 1. The highest BCUT2D eigenvalue weighted by Gasteiger charge is 2.63. The van der Waals surface area contributed by atoms with Crippen LogP contribution in [0.5, 0.6) is 0 Å². The smallest absolute Gasteiger partial charge is 0.302 e. The molecule has 7 atom stereocenters. The molecule has 1 N–H and O–H groups in total. The molecule has 0 spiro atoms. The number of ketones is 1. The maximum absolute atomic E-state index is 12.4. The molecule has 0 bridgehead atoms. The van der Waals surface area contributed by atoms with Crippen LogP contribution in [-0.2, 0) is 14.3 Å². The van der Waals surface area contributed by atoms with E-state index in [4.69, 9.17) is 4.74 Å². The van der Waals surface area contributed by atoms with Gasteiger partial charge in [-0.25, -0.2) is 0 Å². The van der Waals surface area contributed by atoms with Gasteiger partial charge in [-0.2, -0.15) is 0 Å². The van der Waals surface area contributed by atoms with Crippen molar-refractivity contribution in [2.75, 3.05) is 0 Å². The number of hydrogen-bond donors (Lipinski definition) is 1. The zero-order valence-electron chi connectivity index (χ0n) is 20.2. The van der Waals surface area contributed by atoms with Gasteiger partial charge in [-0.15, -0.1) is 0 Å². The van der Waals surface area contributed by atoms with Gasteiger partial charge in [0.2, 0.25) is 0 Å². The van der Waals surface area contributed by atoms with Crippen LogP contribution in [0.1, 0.15) is 86.5 Å². The molecule has 0 heterocycles. The van der Waals surface area contributed by atoms with Crippen LogP contribution in [0.4, 0.5) is 0 Å². The molecule has 0 aliphatic heterocycles. The zero-order chi connectivity index (χ0) is 22.8. The Labute approximate surface area is 187 Å². The minimum Gasteiger partial charge on any atom is -0.462 e. The fourth-order valence-electron chi connectivity index (χ4n) is 8.42. The van der Waals surface area contributed by atoms with Crippen molar-refractivity contribution in [2.24, 2.45) is 34.0 Å². The quantitative estimate of drug-likeness (QED) is 0.473. The number of carbonyl (C=O) groups excluding carboxylic acids is 2. The molecule has 2 fully saturated rings. The third kappa shape index (κ3) is 3.73. The van der Waals surface area contributed by atoms with Crippen LogP contribution in [-0.4, -0.2) is 29.1 Å². The van der Waals surface area contributed by atoms with Crippen LogP contribution in [0.3, 0.4) is 0 Å². The van der Waals surface area contributed by atoms with E-state index in [1.54, 1.807) is 13.0 Å². The number of fused-ring (bicyclic) bond motifs is 3. The minimum atomic E-state index is -0.589. The number of carbonyl (C=O) groups is 2. The first kappa shape index (κ1) is 22.8. The number of rotatable bonds is 2. The molecular formula is C27H40O4. The van der Waals surface area contributed by atoms with Gasteiger partial charge in [0.1, 0.15) is 6.10 Å². The number of aliphatic hydroxyl groups excluding tert-OH is 1. The fraction of sp³-hybridized carbons (Fsp3) is 0.778. The van der Waals surface area contributed by atoms with Crippen LogP contribution >= 0.6 is 0 Å². The topological polar surface area (TPSA) is 63.6 Å². The first-order valence-corrected chi connectivity index (χ1v) is 12.1. The Hall–Kier alpha value is -1.42. The largest absolute Gasteiger partial charge is 0.462 e. The van der Waals surface area contributed by atoms with E-state index in [0.29, 0.717) is 23.8 Å². The Kier molecular flexibility index (Phi) is 5.56. The molecule has 0 aromatic rings. The lowest BCUT2D eigenvalue weighted by Gasteiger charge is -2.65. The first-order chi connectivity index (χ1) is 14.4. The number of esters is 1. The molecular weight excluding hydrogens is 388 g/mol. The molecule has 31 heavy (non-hydrogen) atoms. The Bertz CT molecular complexity index is 836. The second kappa shape index (κ2) is 7.57. The van der Waals surface area contributed by atoms with Crippen molar-refractivity contribution in [3.05, 3.63) is 23.3 Å². The molecule has 4 aliphatic carbocycles. The van der Waals surface area contributed by atoms with Gasteiger partial charge < -0.3 is 9.84 Å². The molecule has 4 rings (SSSR count). The molecule has 3 unspecified atom stereocenters. The highest BCUT2D eigenvalue weighted by atomic mass is 16.5. The van der Waals surface area contributed by atoms with E-state index < -0.39 is 6.10 Å². The fourth-order valence-corrected chi connectivity index (χ4v) is 8.42. The Balaban J connectivity index is 1.70. The lowest BCUT2D eigenvalue weighted by atomic mass is 9.40. The third-order valence-electron chi connectivity index (χ3n) is 9.46. The molecule has 2 saturated carbocycles. The molecule has 0 amide bonds. The third-order valence-corrected chi connectivity index (χ3v) is 9.46. The maximum Gasteiger partial charge on any atom is 0.302 e. The summed E-state index contributed by atoms with van der Waals surface area (Å²) in [5, 5.41) is 10.7. The predicted octanol–water partition coefficient (Wildman–Crippen LogP) is 5.39. The summed E-state index contributed by atoms with van der Waals surface area (Å²) < 4.78 is 6.04. The van der Waals surface area contributed by atoms with Crippen LogP contribution in [0.2, 0.25) is 0 Å². The lowest BCUT2D eigenvalue weighted by molar-refractivity contribution is -0.205. The van der Waals surface area contributed by atoms with Gasteiger partial charge in [0, 0.05) is 25.2 Å². The Morgan fingerprint density at radius 3 is 2.58 bits per heavy atom. The van der Waals surface area contributed by atoms with E-state index in [2.05, 4.69) is 33.8 Å². The summed E-state index contributed by atoms with van der Waals surface area (Å²) in [4.78, 5) is 24.5. The first-order valence-electron chi connectivity index (χ1n) is 12.1. The SMILES string of the molecule is CC(=O)O[C@@H]1C[C@@]2(C)CC(C3CC(=O)C(C)=C[C@H]3O)=CCC2[C@@]2(C)CCCC(C)(C)C12. The molecule has 172 valence electrons. The van der Waals surface area contributed by atoms with Gasteiger partial charge in [0.15, 0.2) is 5.78 Å². The summed E-state index contributed by atoms with van der Waals surface area (Å²) in [5.74, 6) is 0.726. The predicted molar refractivity (Wildman–Crippen MR) is 121 cm³/mol. The van der Waals surface area contributed by atoms with Gasteiger partial charge in [-0.05, 0) is 72.8 Å². The van der Waals surface area contributed by atoms with E-state index >= 15 is 0 Å². The molecule has 0 radical (unpaired) electrons. The summed E-state index contributed by atoms with van der Waals surface area (Å²) in [5.41, 5.74) is 2.17. The van der Waals surface area contributed by atoms with Crippen molar-refractivity contribution >= 4 is 11.8 Å².